The van der Waals surface area contributed by atoms with Gasteiger partial charge in [-0.15, -0.1) is 0 Å². The highest BCUT2D eigenvalue weighted by Crippen LogP contribution is 2.18. The van der Waals surface area contributed by atoms with Crippen LogP contribution in [-0.2, 0) is 6.42 Å². The molecule has 1 aliphatic heterocycles. The molecule has 1 aliphatic rings. The number of aromatic nitrogens is 1. The van der Waals surface area contributed by atoms with Crippen LogP contribution in [0.5, 0.6) is 0 Å². The Bertz CT molecular complexity index is 338. The van der Waals surface area contributed by atoms with E-state index < -0.39 is 0 Å². The highest BCUT2D eigenvalue weighted by molar-refractivity contribution is 5.40. The van der Waals surface area contributed by atoms with Crippen LogP contribution >= 0.6 is 0 Å². The van der Waals surface area contributed by atoms with Gasteiger partial charge in [-0.3, -0.25) is 0 Å². The molecule has 1 N–H and O–H groups in total. The summed E-state index contributed by atoms with van der Waals surface area (Å²) in [5.74, 6) is 1.14. The van der Waals surface area contributed by atoms with E-state index in [0.717, 1.165) is 25.3 Å². The highest BCUT2D eigenvalue weighted by Gasteiger charge is 2.19. The summed E-state index contributed by atoms with van der Waals surface area (Å²) >= 11 is 0. The fourth-order valence-corrected chi connectivity index (χ4v) is 2.26. The van der Waals surface area contributed by atoms with Crippen molar-refractivity contribution in [1.29, 1.82) is 0 Å². The van der Waals surface area contributed by atoms with Crippen LogP contribution in [0.2, 0.25) is 0 Å². The zero-order valence-corrected chi connectivity index (χ0v) is 10.2. The first-order valence-corrected chi connectivity index (χ1v) is 6.21. The molecule has 1 atom stereocenters. The summed E-state index contributed by atoms with van der Waals surface area (Å²) in [4.78, 5) is 7.07. The summed E-state index contributed by atoms with van der Waals surface area (Å²) in [7, 11) is 2.05. The van der Waals surface area contributed by atoms with E-state index in [2.05, 4.69) is 40.3 Å². The predicted molar refractivity (Wildman–Crippen MR) is 67.9 cm³/mol. The van der Waals surface area contributed by atoms with Gasteiger partial charge >= 0.3 is 0 Å². The van der Waals surface area contributed by atoms with Crippen molar-refractivity contribution in [2.24, 2.45) is 0 Å². The van der Waals surface area contributed by atoms with Gasteiger partial charge in [-0.2, -0.15) is 0 Å². The predicted octanol–water partition coefficient (Wildman–Crippen LogP) is 1.83. The molecule has 2 heterocycles. The van der Waals surface area contributed by atoms with Gasteiger partial charge in [0.15, 0.2) is 0 Å². The molecule has 3 nitrogen and oxygen atoms in total. The number of piperidine rings is 1. The van der Waals surface area contributed by atoms with E-state index in [9.17, 15) is 0 Å². The van der Waals surface area contributed by atoms with Crippen molar-refractivity contribution < 1.29 is 0 Å². The number of hydrogen-bond acceptors (Lipinski definition) is 3. The molecule has 0 unspecified atom stereocenters. The molecule has 2 rings (SSSR count). The smallest absolute Gasteiger partial charge is 0.128 e. The molecule has 0 saturated carbocycles. The molecule has 0 bridgehead atoms. The number of rotatable bonds is 3. The zero-order chi connectivity index (χ0) is 11.4. The van der Waals surface area contributed by atoms with Crippen LogP contribution < -0.4 is 10.2 Å². The van der Waals surface area contributed by atoms with Gasteiger partial charge in [0.05, 0.1) is 0 Å². The Labute approximate surface area is 97.9 Å². The zero-order valence-electron chi connectivity index (χ0n) is 10.2. The maximum atomic E-state index is 4.68. The second-order valence-electron chi connectivity index (χ2n) is 4.41. The maximum absolute atomic E-state index is 4.68. The van der Waals surface area contributed by atoms with E-state index in [1.54, 1.807) is 0 Å². The summed E-state index contributed by atoms with van der Waals surface area (Å²) < 4.78 is 0. The lowest BCUT2D eigenvalue weighted by atomic mass is 10.1. The Hall–Kier alpha value is -1.09. The average molecular weight is 219 g/mol. The number of nitrogens with zero attached hydrogens (tertiary/aromatic N) is 2. The van der Waals surface area contributed by atoms with Gasteiger partial charge in [0.25, 0.3) is 0 Å². The summed E-state index contributed by atoms with van der Waals surface area (Å²) in [6.07, 6.45) is 3.54. The Morgan fingerprint density at radius 3 is 3.12 bits per heavy atom. The summed E-state index contributed by atoms with van der Waals surface area (Å²) in [5.41, 5.74) is 1.18. The molecule has 1 saturated heterocycles. The van der Waals surface area contributed by atoms with Crippen LogP contribution in [0.1, 0.15) is 25.5 Å². The normalized spacial score (nSPS) is 21.1. The number of aryl methyl sites for hydroxylation is 1. The van der Waals surface area contributed by atoms with Crippen LogP contribution in [0.15, 0.2) is 18.2 Å². The molecule has 1 fully saturated rings. The molecule has 1 aromatic rings. The van der Waals surface area contributed by atoms with Crippen molar-refractivity contribution in [3.05, 3.63) is 23.9 Å². The lowest BCUT2D eigenvalue weighted by molar-refractivity contribution is 0.447. The van der Waals surface area contributed by atoms with Gasteiger partial charge in [-0.25, -0.2) is 4.98 Å². The van der Waals surface area contributed by atoms with Gasteiger partial charge in [0.1, 0.15) is 5.82 Å². The fraction of sp³-hybridized carbons (Fsp3) is 0.615. The Morgan fingerprint density at radius 1 is 1.50 bits per heavy atom. The minimum atomic E-state index is 0.612. The first-order valence-electron chi connectivity index (χ1n) is 6.21. The number of pyridine rings is 1. The first kappa shape index (κ1) is 11.4. The van der Waals surface area contributed by atoms with Gasteiger partial charge in [0, 0.05) is 24.8 Å². The van der Waals surface area contributed by atoms with E-state index in [4.69, 9.17) is 0 Å². The minimum Gasteiger partial charge on any atom is -0.355 e. The highest BCUT2D eigenvalue weighted by atomic mass is 15.2. The summed E-state index contributed by atoms with van der Waals surface area (Å²) in [6.45, 7) is 4.37. The van der Waals surface area contributed by atoms with Crippen LogP contribution in [0.25, 0.3) is 0 Å². The number of likely N-dealkylation sites (N-methyl/N-ethyl adjacent to an activating group) is 1. The summed E-state index contributed by atoms with van der Waals surface area (Å²) in [6, 6.07) is 6.95. The molecular formula is C13H21N3. The van der Waals surface area contributed by atoms with Crippen LogP contribution in [0, 0.1) is 0 Å². The fourth-order valence-electron chi connectivity index (χ4n) is 2.26. The Kier molecular flexibility index (Phi) is 3.78. The molecule has 0 aromatic carbocycles. The van der Waals surface area contributed by atoms with E-state index >= 15 is 0 Å². The largest absolute Gasteiger partial charge is 0.355 e. The van der Waals surface area contributed by atoms with Gasteiger partial charge in [-0.1, -0.05) is 13.0 Å². The molecule has 16 heavy (non-hydrogen) atoms. The van der Waals surface area contributed by atoms with Crippen molar-refractivity contribution in [3.8, 4) is 0 Å². The van der Waals surface area contributed by atoms with Gasteiger partial charge in [-0.05, 0) is 38.4 Å². The minimum absolute atomic E-state index is 0.612. The molecule has 0 radical (unpaired) electrons. The molecule has 3 heteroatoms. The standard InChI is InChI=1S/C13H21N3/c1-3-11-6-4-8-13(15-11)16-9-5-7-12(10-16)14-2/h4,6,8,12,14H,3,5,7,9-10H2,1-2H3/t12-/m1/s1. The molecule has 1 aromatic heterocycles. The first-order chi connectivity index (χ1) is 7.83. The maximum Gasteiger partial charge on any atom is 0.128 e. The second-order valence-corrected chi connectivity index (χ2v) is 4.41. The van der Waals surface area contributed by atoms with E-state index in [1.807, 2.05) is 7.05 Å². The summed E-state index contributed by atoms with van der Waals surface area (Å²) in [5, 5.41) is 3.36. The van der Waals surface area contributed by atoms with E-state index in [0.29, 0.717) is 6.04 Å². The third kappa shape index (κ3) is 2.53. The second kappa shape index (κ2) is 5.30. The van der Waals surface area contributed by atoms with E-state index in [1.165, 1.54) is 18.5 Å². The molecule has 0 spiro atoms. The lowest BCUT2D eigenvalue weighted by Gasteiger charge is -2.33. The molecule has 0 amide bonds. The molecular weight excluding hydrogens is 198 g/mol. The molecule has 88 valence electrons. The third-order valence-corrected chi connectivity index (χ3v) is 3.31. The van der Waals surface area contributed by atoms with Crippen molar-refractivity contribution in [3.63, 3.8) is 0 Å². The Morgan fingerprint density at radius 2 is 2.38 bits per heavy atom. The van der Waals surface area contributed by atoms with Crippen molar-refractivity contribution in [2.45, 2.75) is 32.2 Å². The topological polar surface area (TPSA) is 28.2 Å². The van der Waals surface area contributed by atoms with Crippen molar-refractivity contribution in [2.75, 3.05) is 25.0 Å². The van der Waals surface area contributed by atoms with Crippen molar-refractivity contribution in [1.82, 2.24) is 10.3 Å². The quantitative estimate of drug-likeness (QED) is 0.840. The number of hydrogen-bond donors (Lipinski definition) is 1. The van der Waals surface area contributed by atoms with Gasteiger partial charge < -0.3 is 10.2 Å². The van der Waals surface area contributed by atoms with E-state index in [-0.39, 0.29) is 0 Å². The van der Waals surface area contributed by atoms with Gasteiger partial charge in [0.2, 0.25) is 0 Å². The van der Waals surface area contributed by atoms with Crippen LogP contribution in [0.4, 0.5) is 5.82 Å². The van der Waals surface area contributed by atoms with Crippen LogP contribution in [-0.4, -0.2) is 31.2 Å². The Balaban J connectivity index is 2.10. The lowest BCUT2D eigenvalue weighted by Crippen LogP contribution is -2.44. The monoisotopic (exact) mass is 219 g/mol. The average Bonchev–Trinajstić information content (AvgIpc) is 2.39. The van der Waals surface area contributed by atoms with Crippen LogP contribution in [0.3, 0.4) is 0 Å². The number of anilines is 1. The molecule has 0 aliphatic carbocycles. The number of nitrogens with one attached hydrogen (secondary N) is 1. The van der Waals surface area contributed by atoms with Crippen molar-refractivity contribution >= 4 is 5.82 Å². The third-order valence-electron chi connectivity index (χ3n) is 3.31. The SMILES string of the molecule is CCc1cccc(N2CCC[C@@H](NC)C2)n1.